The molecule has 0 radical (unpaired) electrons. The third-order valence-electron chi connectivity index (χ3n) is 5.95. The number of nitrogens with one attached hydrogen (secondary N) is 2. The number of thiazole rings is 1. The molecule has 2 N–H and O–H groups in total. The van der Waals surface area contributed by atoms with Gasteiger partial charge in [0, 0.05) is 37.3 Å². The van der Waals surface area contributed by atoms with Gasteiger partial charge in [-0.15, -0.1) is 0 Å². The van der Waals surface area contributed by atoms with Crippen molar-refractivity contribution in [3.63, 3.8) is 0 Å². The number of anilines is 4. The van der Waals surface area contributed by atoms with Gasteiger partial charge in [0.1, 0.15) is 22.9 Å². The van der Waals surface area contributed by atoms with Gasteiger partial charge in [0.15, 0.2) is 10.9 Å². The normalized spacial score (nSPS) is 13.4. The topological polar surface area (TPSA) is 146 Å². The summed E-state index contributed by atoms with van der Waals surface area (Å²) in [7, 11) is 1.78. The first-order valence-corrected chi connectivity index (χ1v) is 12.4. The number of nitrogens with zero attached hydrogens (tertiary/aromatic N) is 5. The first-order chi connectivity index (χ1) is 17.9. The third-order valence-corrected chi connectivity index (χ3v) is 7.13. The Balaban J connectivity index is 1.55. The van der Waals surface area contributed by atoms with Gasteiger partial charge in [0.2, 0.25) is 5.95 Å². The van der Waals surface area contributed by atoms with Crippen molar-refractivity contribution in [2.45, 2.75) is 13.8 Å². The Bertz CT molecular complexity index is 1620. The SMILES string of the molecule is CNc1nc(C)c(-c2nc(Nc3ccc4c(N5CCOCC5)c(C(C)=O)c(=O)oc4c3)ncc2C#N)s1. The highest BCUT2D eigenvalue weighted by atomic mass is 32.1. The number of hydrogen-bond donors (Lipinski definition) is 2. The summed E-state index contributed by atoms with van der Waals surface area (Å²) in [5.41, 5.74) is 2.37. The van der Waals surface area contributed by atoms with E-state index in [2.05, 4.69) is 31.7 Å². The van der Waals surface area contributed by atoms with E-state index in [4.69, 9.17) is 9.15 Å². The van der Waals surface area contributed by atoms with Gasteiger partial charge in [-0.3, -0.25) is 4.79 Å². The molecular formula is C25H23N7O4S. The highest BCUT2D eigenvalue weighted by molar-refractivity contribution is 7.19. The lowest BCUT2D eigenvalue weighted by Gasteiger charge is -2.30. The summed E-state index contributed by atoms with van der Waals surface area (Å²) in [5, 5.41) is 17.1. The fraction of sp³-hybridized carbons (Fsp3) is 0.280. The van der Waals surface area contributed by atoms with Crippen LogP contribution in [0.3, 0.4) is 0 Å². The number of fused-ring (bicyclic) bond motifs is 1. The number of carbonyl (C=O) groups excluding carboxylic acids is 1. The molecule has 11 nitrogen and oxygen atoms in total. The maximum atomic E-state index is 12.8. The molecule has 4 aromatic rings. The summed E-state index contributed by atoms with van der Waals surface area (Å²) in [6, 6.07) is 7.41. The average Bonchev–Trinajstić information content (AvgIpc) is 3.28. The number of aromatic nitrogens is 3. The Morgan fingerprint density at radius 1 is 1.24 bits per heavy atom. The first-order valence-electron chi connectivity index (χ1n) is 11.5. The molecule has 0 bridgehead atoms. The van der Waals surface area contributed by atoms with Crippen LogP contribution in [0.1, 0.15) is 28.5 Å². The molecule has 1 saturated heterocycles. The fourth-order valence-electron chi connectivity index (χ4n) is 4.24. The monoisotopic (exact) mass is 517 g/mol. The highest BCUT2D eigenvalue weighted by Gasteiger charge is 2.25. The molecule has 1 aromatic carbocycles. The Morgan fingerprint density at radius 2 is 2.03 bits per heavy atom. The molecule has 0 saturated carbocycles. The summed E-state index contributed by atoms with van der Waals surface area (Å²) < 4.78 is 11.0. The zero-order valence-corrected chi connectivity index (χ0v) is 21.2. The molecule has 1 aliphatic heterocycles. The summed E-state index contributed by atoms with van der Waals surface area (Å²) >= 11 is 1.40. The lowest BCUT2D eigenvalue weighted by atomic mass is 10.1. The lowest BCUT2D eigenvalue weighted by molar-refractivity contribution is 0.101. The Hall–Kier alpha value is -4.34. The predicted molar refractivity (Wildman–Crippen MR) is 141 cm³/mol. The molecule has 12 heteroatoms. The second-order valence-electron chi connectivity index (χ2n) is 8.36. The molecule has 0 spiro atoms. The number of rotatable bonds is 6. The maximum Gasteiger partial charge on any atom is 0.349 e. The highest BCUT2D eigenvalue weighted by Crippen LogP contribution is 2.35. The first kappa shape index (κ1) is 24.4. The van der Waals surface area contributed by atoms with Gasteiger partial charge < -0.3 is 24.7 Å². The molecular weight excluding hydrogens is 494 g/mol. The van der Waals surface area contributed by atoms with Crippen molar-refractivity contribution in [2.75, 3.05) is 48.9 Å². The van der Waals surface area contributed by atoms with Gasteiger partial charge in [-0.25, -0.2) is 19.7 Å². The third kappa shape index (κ3) is 4.62. The molecule has 4 heterocycles. The molecule has 188 valence electrons. The van der Waals surface area contributed by atoms with Gasteiger partial charge in [-0.1, -0.05) is 11.3 Å². The number of Topliss-reactive ketones (excluding diaryl/α,β-unsaturated/α-hetero) is 1. The smallest absolute Gasteiger partial charge is 0.349 e. The summed E-state index contributed by atoms with van der Waals surface area (Å²) in [6.07, 6.45) is 1.46. The van der Waals surface area contributed by atoms with Crippen molar-refractivity contribution in [1.82, 2.24) is 15.0 Å². The molecule has 0 atom stereocenters. The van der Waals surface area contributed by atoms with Crippen LogP contribution >= 0.6 is 11.3 Å². The molecule has 5 rings (SSSR count). The van der Waals surface area contributed by atoms with Gasteiger partial charge >= 0.3 is 5.63 Å². The molecule has 3 aromatic heterocycles. The minimum absolute atomic E-state index is 0.0380. The predicted octanol–water partition coefficient (Wildman–Crippen LogP) is 3.71. The second-order valence-corrected chi connectivity index (χ2v) is 9.35. The molecule has 0 aliphatic carbocycles. The second kappa shape index (κ2) is 9.96. The minimum Gasteiger partial charge on any atom is -0.422 e. The zero-order valence-electron chi connectivity index (χ0n) is 20.4. The molecule has 37 heavy (non-hydrogen) atoms. The van der Waals surface area contributed by atoms with Crippen molar-refractivity contribution in [2.24, 2.45) is 0 Å². The number of hydrogen-bond acceptors (Lipinski definition) is 12. The van der Waals surface area contributed by atoms with E-state index in [1.165, 1.54) is 24.5 Å². The zero-order chi connectivity index (χ0) is 26.1. The van der Waals surface area contributed by atoms with E-state index in [1.54, 1.807) is 25.2 Å². The van der Waals surface area contributed by atoms with E-state index < -0.39 is 5.63 Å². The van der Waals surface area contributed by atoms with Crippen LogP contribution in [0, 0.1) is 18.3 Å². The van der Waals surface area contributed by atoms with Crippen molar-refractivity contribution in [3.05, 3.63) is 51.6 Å². The number of aryl methyl sites for hydroxylation is 1. The number of ether oxygens (including phenoxy) is 1. The molecule has 1 fully saturated rings. The Kier molecular flexibility index (Phi) is 6.56. The van der Waals surface area contributed by atoms with Crippen LogP contribution in [0.25, 0.3) is 21.5 Å². The van der Waals surface area contributed by atoms with Gasteiger partial charge in [-0.2, -0.15) is 5.26 Å². The van der Waals surface area contributed by atoms with E-state index in [0.717, 1.165) is 15.7 Å². The van der Waals surface area contributed by atoms with Crippen LogP contribution in [0.2, 0.25) is 0 Å². The van der Waals surface area contributed by atoms with Crippen LogP contribution < -0.4 is 21.2 Å². The van der Waals surface area contributed by atoms with E-state index in [-0.39, 0.29) is 17.3 Å². The number of benzene rings is 1. The Labute approximate surface area is 215 Å². The van der Waals surface area contributed by atoms with E-state index in [1.807, 2.05) is 11.8 Å². The minimum atomic E-state index is -0.684. The van der Waals surface area contributed by atoms with Crippen LogP contribution in [0.15, 0.2) is 33.6 Å². The summed E-state index contributed by atoms with van der Waals surface area (Å²) in [6.45, 7) is 5.36. The van der Waals surface area contributed by atoms with Crippen molar-refractivity contribution in [1.29, 1.82) is 5.26 Å². The summed E-state index contributed by atoms with van der Waals surface area (Å²) in [4.78, 5) is 41.2. The van der Waals surface area contributed by atoms with E-state index >= 15 is 0 Å². The average molecular weight is 518 g/mol. The van der Waals surface area contributed by atoms with Crippen LogP contribution in [0.5, 0.6) is 0 Å². The number of nitriles is 1. The lowest BCUT2D eigenvalue weighted by Crippen LogP contribution is -2.38. The van der Waals surface area contributed by atoms with Crippen molar-refractivity contribution in [3.8, 4) is 16.6 Å². The van der Waals surface area contributed by atoms with E-state index in [9.17, 15) is 14.9 Å². The van der Waals surface area contributed by atoms with E-state index in [0.29, 0.717) is 59.9 Å². The molecule has 0 unspecified atom stereocenters. The van der Waals surface area contributed by atoms with Gasteiger partial charge in [0.25, 0.3) is 0 Å². The van der Waals surface area contributed by atoms with Crippen molar-refractivity contribution >= 4 is 50.5 Å². The summed E-state index contributed by atoms with van der Waals surface area (Å²) in [5.74, 6) is -0.0825. The number of carbonyl (C=O) groups is 1. The van der Waals surface area contributed by atoms with Crippen molar-refractivity contribution < 1.29 is 13.9 Å². The van der Waals surface area contributed by atoms with Crippen LogP contribution in [-0.4, -0.2) is 54.1 Å². The molecule has 1 aliphatic rings. The standard InChI is InChI=1S/C25H23N7O4S/c1-13-22(37-25(27-3)29-13)20-15(11-26)12-28-24(31-20)30-16-4-5-17-18(10-16)36-23(34)19(14(2)33)21(17)32-6-8-35-9-7-32/h4-5,10,12H,6-9H2,1-3H3,(H,27,29)(H,28,30,31). The number of morpholine rings is 1. The fourth-order valence-corrected chi connectivity index (χ4v) is 5.16. The largest absolute Gasteiger partial charge is 0.422 e. The number of ketones is 1. The molecule has 0 amide bonds. The quantitative estimate of drug-likeness (QED) is 0.285. The maximum absolute atomic E-state index is 12.8. The van der Waals surface area contributed by atoms with Gasteiger partial charge in [0.05, 0.1) is 41.2 Å². The van der Waals surface area contributed by atoms with Crippen LogP contribution in [0.4, 0.5) is 22.5 Å². The van der Waals surface area contributed by atoms with Gasteiger partial charge in [-0.05, 0) is 26.0 Å². The Morgan fingerprint density at radius 3 is 2.70 bits per heavy atom. The van der Waals surface area contributed by atoms with Crippen LogP contribution in [-0.2, 0) is 4.74 Å².